The Morgan fingerprint density at radius 3 is 1.47 bits per heavy atom. The molecule has 10 nitrogen and oxygen atoms in total. The van der Waals surface area contributed by atoms with Crippen molar-refractivity contribution in [3.63, 3.8) is 0 Å². The van der Waals surface area contributed by atoms with E-state index < -0.39 is 24.3 Å². The Morgan fingerprint density at radius 1 is 0.452 bits per heavy atom. The molecule has 0 aliphatic rings. The summed E-state index contributed by atoms with van der Waals surface area (Å²) in [7, 11) is 3.93. The molecule has 0 N–H and O–H groups in total. The molecule has 0 aliphatic carbocycles. The first-order valence-electron chi connectivity index (χ1n) is 25.1. The van der Waals surface area contributed by atoms with Crippen LogP contribution in [0.5, 0.6) is 0 Å². The Kier molecular flexibility index (Phi) is 43.5. The lowest BCUT2D eigenvalue weighted by atomic mass is 10.0. The summed E-state index contributed by atoms with van der Waals surface area (Å²) in [4.78, 5) is 53.1. The molecule has 0 spiro atoms. The van der Waals surface area contributed by atoms with Crippen LogP contribution in [0.25, 0.3) is 0 Å². The predicted molar refractivity (Wildman–Crippen MR) is 254 cm³/mol. The normalized spacial score (nSPS) is 12.7. The molecule has 360 valence electrons. The molecule has 0 saturated heterocycles. The van der Waals surface area contributed by atoms with Crippen molar-refractivity contribution in [3.8, 4) is 0 Å². The third-order valence-electron chi connectivity index (χ3n) is 10.7. The van der Waals surface area contributed by atoms with Crippen molar-refractivity contribution in [2.24, 2.45) is 0 Å². The van der Waals surface area contributed by atoms with Gasteiger partial charge in [-0.25, -0.2) is 4.79 Å². The summed E-state index contributed by atoms with van der Waals surface area (Å²) in [5.74, 6) is -1.25. The zero-order chi connectivity index (χ0) is 45.6. The predicted octanol–water partition coefficient (Wildman–Crippen LogP) is 13.9. The first kappa shape index (κ1) is 58.9. The number of hydrogen-bond acceptors (Lipinski definition) is 10. The molecule has 0 aromatic rings. The van der Waals surface area contributed by atoms with Gasteiger partial charge in [-0.15, -0.1) is 0 Å². The van der Waals surface area contributed by atoms with Gasteiger partial charge in [-0.3, -0.25) is 14.4 Å². The molecule has 0 radical (unpaired) electrons. The average molecular weight is 876 g/mol. The topological polar surface area (TPSA) is 118 Å². The highest BCUT2D eigenvalue weighted by atomic mass is 16.7. The Morgan fingerprint density at radius 2 is 0.935 bits per heavy atom. The van der Waals surface area contributed by atoms with Crippen molar-refractivity contribution in [3.05, 3.63) is 36.5 Å². The summed E-state index contributed by atoms with van der Waals surface area (Å²) >= 11 is 0. The van der Waals surface area contributed by atoms with Crippen LogP contribution in [0.1, 0.15) is 220 Å². The highest BCUT2D eigenvalue weighted by Crippen LogP contribution is 2.18. The number of allylic oxidation sites excluding steroid dienone is 6. The number of carbonyl (C=O) groups excluding carboxylic acids is 4. The maximum atomic E-state index is 13.2. The van der Waals surface area contributed by atoms with E-state index in [0.29, 0.717) is 19.3 Å². The van der Waals surface area contributed by atoms with Gasteiger partial charge >= 0.3 is 24.1 Å². The van der Waals surface area contributed by atoms with Gasteiger partial charge < -0.3 is 28.6 Å². The minimum Gasteiger partial charge on any atom is -0.462 e. The lowest BCUT2D eigenvalue weighted by molar-refractivity contribution is -0.167. The molecule has 0 rings (SSSR count). The molecule has 0 amide bonds. The van der Waals surface area contributed by atoms with E-state index in [4.69, 9.17) is 23.7 Å². The van der Waals surface area contributed by atoms with Gasteiger partial charge in [0.1, 0.15) is 19.3 Å². The third kappa shape index (κ3) is 43.5. The van der Waals surface area contributed by atoms with Crippen molar-refractivity contribution in [2.75, 3.05) is 40.5 Å². The monoisotopic (exact) mass is 876 g/mol. The zero-order valence-corrected chi connectivity index (χ0v) is 40.5. The van der Waals surface area contributed by atoms with Gasteiger partial charge in [-0.1, -0.05) is 166 Å². The molecule has 0 aliphatic heterocycles. The van der Waals surface area contributed by atoms with E-state index in [1.807, 2.05) is 19.0 Å². The van der Waals surface area contributed by atoms with E-state index in [1.54, 1.807) is 0 Å². The van der Waals surface area contributed by atoms with Crippen molar-refractivity contribution in [1.82, 2.24) is 4.90 Å². The van der Waals surface area contributed by atoms with Crippen molar-refractivity contribution in [1.29, 1.82) is 0 Å². The summed E-state index contributed by atoms with van der Waals surface area (Å²) in [6.45, 7) is 7.22. The maximum absolute atomic E-state index is 13.2. The van der Waals surface area contributed by atoms with Gasteiger partial charge in [0, 0.05) is 25.8 Å². The lowest BCUT2D eigenvalue weighted by Crippen LogP contribution is -2.31. The molecule has 0 fully saturated rings. The van der Waals surface area contributed by atoms with E-state index >= 15 is 0 Å². The van der Waals surface area contributed by atoms with Crippen LogP contribution in [0.15, 0.2) is 36.5 Å². The summed E-state index contributed by atoms with van der Waals surface area (Å²) in [5, 5.41) is 0. The van der Waals surface area contributed by atoms with Gasteiger partial charge in [0.15, 0.2) is 6.10 Å². The number of unbranched alkanes of at least 4 members (excludes halogenated alkanes) is 19. The van der Waals surface area contributed by atoms with Gasteiger partial charge in [0.2, 0.25) is 0 Å². The second kappa shape index (κ2) is 45.9. The largest absolute Gasteiger partial charge is 0.508 e. The molecular weight excluding hydrogens is 783 g/mol. The standard InChI is InChI=1S/C52H93NO9/c1-6-9-12-15-18-20-22-23-24-25-26-28-30-33-36-40-50(55)60-46-48(45-59-49(54)39-35-32-17-14-11-8-3)61-51(56)42-41-47(62-52(57)58-44-37-43-53(4)5)38-34-31-29-27-21-19-16-13-10-7-2/h9,12,18,20,23-24,47-48H,6-8,10-11,13-17,19,21-22,25-46H2,1-5H3/b12-9-,20-18-,24-23-. The fraction of sp³-hybridized carbons (Fsp3) is 0.808. The Bertz CT molecular complexity index is 1150. The SMILES string of the molecule is CC/C=C\C/C=C\C/C=C\CCCCCCCC(=O)OCC(COC(=O)CCCCCCCC)OC(=O)CCC(CCCCCCCCCCCC)OC(=O)OCCCN(C)C. The minimum atomic E-state index is -0.926. The number of hydrogen-bond donors (Lipinski definition) is 0. The number of nitrogens with zero attached hydrogens (tertiary/aromatic N) is 1. The Balaban J connectivity index is 5.00. The summed E-state index contributed by atoms with van der Waals surface area (Å²) in [6.07, 6.45) is 40.6. The van der Waals surface area contributed by atoms with Crippen LogP contribution in [-0.2, 0) is 38.1 Å². The van der Waals surface area contributed by atoms with E-state index in [1.165, 1.54) is 51.4 Å². The van der Waals surface area contributed by atoms with Gasteiger partial charge in [0.05, 0.1) is 6.61 Å². The van der Waals surface area contributed by atoms with E-state index in [2.05, 4.69) is 57.2 Å². The van der Waals surface area contributed by atoms with E-state index in [9.17, 15) is 19.2 Å². The van der Waals surface area contributed by atoms with Gasteiger partial charge in [-0.05, 0) is 84.7 Å². The van der Waals surface area contributed by atoms with Crippen LogP contribution in [0.2, 0.25) is 0 Å². The average Bonchev–Trinajstić information content (AvgIpc) is 3.25. The van der Waals surface area contributed by atoms with Crippen molar-refractivity contribution in [2.45, 2.75) is 232 Å². The van der Waals surface area contributed by atoms with Crippen LogP contribution >= 0.6 is 0 Å². The zero-order valence-electron chi connectivity index (χ0n) is 40.5. The number of esters is 3. The van der Waals surface area contributed by atoms with Crippen LogP contribution < -0.4 is 0 Å². The molecule has 2 unspecified atom stereocenters. The first-order chi connectivity index (χ1) is 30.2. The fourth-order valence-electron chi connectivity index (χ4n) is 6.92. The third-order valence-corrected chi connectivity index (χ3v) is 10.7. The van der Waals surface area contributed by atoms with Crippen molar-refractivity contribution < 1.29 is 42.9 Å². The molecule has 2 atom stereocenters. The fourth-order valence-corrected chi connectivity index (χ4v) is 6.92. The second-order valence-electron chi connectivity index (χ2n) is 17.1. The van der Waals surface area contributed by atoms with Gasteiger partial charge in [-0.2, -0.15) is 0 Å². The number of ether oxygens (including phenoxy) is 5. The van der Waals surface area contributed by atoms with E-state index in [0.717, 1.165) is 116 Å². The molecule has 0 heterocycles. The van der Waals surface area contributed by atoms with Crippen LogP contribution in [-0.4, -0.2) is 81.6 Å². The summed E-state index contributed by atoms with van der Waals surface area (Å²) < 4.78 is 27.8. The van der Waals surface area contributed by atoms with Crippen molar-refractivity contribution >= 4 is 24.1 Å². The summed E-state index contributed by atoms with van der Waals surface area (Å²) in [6, 6.07) is 0. The quantitative estimate of drug-likeness (QED) is 0.0253. The first-order valence-corrected chi connectivity index (χ1v) is 25.1. The highest BCUT2D eigenvalue weighted by Gasteiger charge is 2.22. The molecule has 0 aromatic heterocycles. The highest BCUT2D eigenvalue weighted by molar-refractivity contribution is 5.71. The van der Waals surface area contributed by atoms with E-state index in [-0.39, 0.29) is 51.0 Å². The van der Waals surface area contributed by atoms with Crippen LogP contribution in [0.3, 0.4) is 0 Å². The molecule has 62 heavy (non-hydrogen) atoms. The smallest absolute Gasteiger partial charge is 0.462 e. The number of carbonyl (C=O) groups is 4. The van der Waals surface area contributed by atoms with Crippen LogP contribution in [0, 0.1) is 0 Å². The Hall–Kier alpha value is -3.14. The lowest BCUT2D eigenvalue weighted by Gasteiger charge is -2.20. The molecule has 10 heteroatoms. The van der Waals surface area contributed by atoms with Gasteiger partial charge in [0.25, 0.3) is 0 Å². The molecule has 0 saturated carbocycles. The molecule has 0 bridgehead atoms. The molecular formula is C52H93NO9. The second-order valence-corrected chi connectivity index (χ2v) is 17.1. The minimum absolute atomic E-state index is 0.00370. The summed E-state index contributed by atoms with van der Waals surface area (Å²) in [5.41, 5.74) is 0. The molecule has 0 aromatic carbocycles. The maximum Gasteiger partial charge on any atom is 0.508 e. The van der Waals surface area contributed by atoms with Crippen LogP contribution in [0.4, 0.5) is 4.79 Å². The Labute approximate surface area is 379 Å². The number of rotatable bonds is 44.